The van der Waals surface area contributed by atoms with Crippen molar-refractivity contribution in [3.63, 3.8) is 0 Å². The minimum Gasteiger partial charge on any atom is -0.356 e. The molecule has 4 nitrogen and oxygen atoms in total. The van der Waals surface area contributed by atoms with E-state index >= 15 is 0 Å². The molecular formula is C22H32N2O2. The molecule has 1 unspecified atom stereocenters. The number of carbonyl (C=O) groups excluding carboxylic acids is 2. The first-order valence-corrected chi connectivity index (χ1v) is 10.3. The maximum atomic E-state index is 13.2. The predicted octanol–water partition coefficient (Wildman–Crippen LogP) is 4.22. The maximum absolute atomic E-state index is 13.2. The molecule has 1 saturated heterocycles. The highest BCUT2D eigenvalue weighted by molar-refractivity contribution is 5.80. The molecule has 3 rings (SSSR count). The largest absolute Gasteiger partial charge is 0.356 e. The van der Waals surface area contributed by atoms with Crippen molar-refractivity contribution in [2.24, 2.45) is 5.92 Å². The van der Waals surface area contributed by atoms with Crippen LogP contribution in [-0.4, -0.2) is 29.8 Å². The van der Waals surface area contributed by atoms with E-state index in [1.807, 2.05) is 35.2 Å². The molecule has 1 aromatic rings. The molecule has 2 aliphatic rings. The third-order valence-electron chi connectivity index (χ3n) is 5.85. The van der Waals surface area contributed by atoms with Crippen LogP contribution >= 0.6 is 0 Å². The monoisotopic (exact) mass is 356 g/mol. The predicted molar refractivity (Wildman–Crippen MR) is 104 cm³/mol. The summed E-state index contributed by atoms with van der Waals surface area (Å²) in [6.45, 7) is 1.51. The first-order chi connectivity index (χ1) is 12.7. The lowest BCUT2D eigenvalue weighted by Crippen LogP contribution is -2.39. The number of amides is 2. The summed E-state index contributed by atoms with van der Waals surface area (Å²) in [7, 11) is 0. The van der Waals surface area contributed by atoms with E-state index in [9.17, 15) is 9.59 Å². The van der Waals surface area contributed by atoms with E-state index in [2.05, 4.69) is 5.32 Å². The number of nitrogens with zero attached hydrogens (tertiary/aromatic N) is 1. The molecule has 0 bridgehead atoms. The summed E-state index contributed by atoms with van der Waals surface area (Å²) in [5.41, 5.74) is 1.07. The molecule has 2 amide bonds. The lowest BCUT2D eigenvalue weighted by molar-refractivity contribution is -0.136. The molecule has 0 spiro atoms. The summed E-state index contributed by atoms with van der Waals surface area (Å²) in [6.07, 6.45) is 10.1. The normalized spacial score (nSPS) is 23.3. The van der Waals surface area contributed by atoms with E-state index in [1.165, 1.54) is 25.7 Å². The van der Waals surface area contributed by atoms with Crippen LogP contribution in [0.4, 0.5) is 0 Å². The van der Waals surface area contributed by atoms with Crippen LogP contribution in [-0.2, 0) is 9.59 Å². The zero-order chi connectivity index (χ0) is 18.2. The molecule has 0 aromatic heterocycles. The number of carbonyl (C=O) groups is 2. The Morgan fingerprint density at radius 3 is 2.50 bits per heavy atom. The van der Waals surface area contributed by atoms with Gasteiger partial charge in [-0.2, -0.15) is 0 Å². The Hall–Kier alpha value is -1.84. The summed E-state index contributed by atoms with van der Waals surface area (Å²) in [5.74, 6) is 0.822. The van der Waals surface area contributed by atoms with Crippen molar-refractivity contribution in [3.05, 3.63) is 35.9 Å². The van der Waals surface area contributed by atoms with Gasteiger partial charge in [0.1, 0.15) is 0 Å². The topological polar surface area (TPSA) is 49.4 Å². The van der Waals surface area contributed by atoms with Crippen LogP contribution in [0, 0.1) is 5.92 Å². The fourth-order valence-electron chi connectivity index (χ4n) is 4.35. The number of rotatable bonds is 3. The SMILES string of the molecule is O=C1CC(c2ccccc2)N(C(=O)CC2CCCC2)CCCCCCN1. The Kier molecular flexibility index (Phi) is 7.10. The fraction of sp³-hybridized carbons (Fsp3) is 0.636. The van der Waals surface area contributed by atoms with Gasteiger partial charge in [-0.15, -0.1) is 0 Å². The van der Waals surface area contributed by atoms with Crippen LogP contribution in [0.2, 0.25) is 0 Å². The van der Waals surface area contributed by atoms with E-state index in [0.29, 0.717) is 18.8 Å². The van der Waals surface area contributed by atoms with Gasteiger partial charge in [0.05, 0.1) is 12.5 Å². The van der Waals surface area contributed by atoms with E-state index < -0.39 is 0 Å². The number of hydrogen-bond acceptors (Lipinski definition) is 2. The van der Waals surface area contributed by atoms with Gasteiger partial charge in [0.2, 0.25) is 11.8 Å². The van der Waals surface area contributed by atoms with Gasteiger partial charge in [0, 0.05) is 19.5 Å². The van der Waals surface area contributed by atoms with Crippen molar-refractivity contribution in [1.82, 2.24) is 10.2 Å². The molecule has 1 atom stereocenters. The Bertz CT molecular complexity index is 581. The second kappa shape index (κ2) is 9.75. The van der Waals surface area contributed by atoms with Crippen molar-refractivity contribution < 1.29 is 9.59 Å². The van der Waals surface area contributed by atoms with Crippen molar-refractivity contribution in [3.8, 4) is 0 Å². The molecule has 26 heavy (non-hydrogen) atoms. The Morgan fingerprint density at radius 2 is 1.73 bits per heavy atom. The molecule has 4 heteroatoms. The molecule has 1 N–H and O–H groups in total. The minimum atomic E-state index is -0.150. The number of hydrogen-bond donors (Lipinski definition) is 1. The summed E-state index contributed by atoms with van der Waals surface area (Å²) in [4.78, 5) is 27.7. The first-order valence-electron chi connectivity index (χ1n) is 10.3. The average molecular weight is 357 g/mol. The third-order valence-corrected chi connectivity index (χ3v) is 5.85. The zero-order valence-electron chi connectivity index (χ0n) is 15.8. The first kappa shape index (κ1) is 18.9. The van der Waals surface area contributed by atoms with Crippen molar-refractivity contribution in [1.29, 1.82) is 0 Å². The van der Waals surface area contributed by atoms with Crippen LogP contribution in [0.5, 0.6) is 0 Å². The average Bonchev–Trinajstić information content (AvgIpc) is 3.14. The molecule has 1 aliphatic carbocycles. The van der Waals surface area contributed by atoms with Crippen molar-refractivity contribution >= 4 is 11.8 Å². The fourth-order valence-corrected chi connectivity index (χ4v) is 4.35. The molecule has 142 valence electrons. The maximum Gasteiger partial charge on any atom is 0.223 e. The Morgan fingerprint density at radius 1 is 1.00 bits per heavy atom. The molecule has 1 saturated carbocycles. The van der Waals surface area contributed by atoms with Crippen molar-refractivity contribution in [2.45, 2.75) is 70.3 Å². The molecular weight excluding hydrogens is 324 g/mol. The summed E-state index contributed by atoms with van der Waals surface area (Å²) < 4.78 is 0. The van der Waals surface area contributed by atoms with Gasteiger partial charge in [-0.3, -0.25) is 9.59 Å². The number of benzene rings is 1. The second-order valence-corrected chi connectivity index (χ2v) is 7.84. The highest BCUT2D eigenvalue weighted by Gasteiger charge is 2.29. The van der Waals surface area contributed by atoms with Gasteiger partial charge in [-0.05, 0) is 37.2 Å². The molecule has 1 aromatic carbocycles. The van der Waals surface area contributed by atoms with Crippen LogP contribution in [0.3, 0.4) is 0 Å². The summed E-state index contributed by atoms with van der Waals surface area (Å²) >= 11 is 0. The third kappa shape index (κ3) is 5.33. The van der Waals surface area contributed by atoms with Gasteiger partial charge in [-0.25, -0.2) is 0 Å². The van der Waals surface area contributed by atoms with E-state index in [1.54, 1.807) is 0 Å². The van der Waals surface area contributed by atoms with Crippen LogP contribution < -0.4 is 5.32 Å². The van der Waals surface area contributed by atoms with E-state index in [-0.39, 0.29) is 17.9 Å². The Labute approximate surface area is 157 Å². The minimum absolute atomic E-state index is 0.0550. The van der Waals surface area contributed by atoms with Gasteiger partial charge in [0.15, 0.2) is 0 Å². The van der Waals surface area contributed by atoms with Crippen LogP contribution in [0.25, 0.3) is 0 Å². The standard InChI is InChI=1S/C22H32N2O2/c25-21-17-20(19-12-4-3-5-13-19)24(15-9-2-1-8-14-23-21)22(26)16-18-10-6-7-11-18/h3-5,12-13,18,20H,1-2,6-11,14-17H2,(H,23,25). The van der Waals surface area contributed by atoms with E-state index in [0.717, 1.165) is 44.3 Å². The quantitative estimate of drug-likeness (QED) is 0.882. The lowest BCUT2D eigenvalue weighted by Gasteiger charge is -2.33. The smallest absolute Gasteiger partial charge is 0.223 e. The zero-order valence-corrected chi connectivity index (χ0v) is 15.8. The van der Waals surface area contributed by atoms with Gasteiger partial charge >= 0.3 is 0 Å². The summed E-state index contributed by atoms with van der Waals surface area (Å²) in [6, 6.07) is 9.93. The van der Waals surface area contributed by atoms with Crippen LogP contribution in [0.1, 0.15) is 75.8 Å². The summed E-state index contributed by atoms with van der Waals surface area (Å²) in [5, 5.41) is 3.04. The molecule has 1 aliphatic heterocycles. The highest BCUT2D eigenvalue weighted by Crippen LogP contribution is 2.31. The molecule has 2 fully saturated rings. The molecule has 1 heterocycles. The lowest BCUT2D eigenvalue weighted by atomic mass is 9.98. The van der Waals surface area contributed by atoms with Crippen molar-refractivity contribution in [2.75, 3.05) is 13.1 Å². The van der Waals surface area contributed by atoms with Gasteiger partial charge in [-0.1, -0.05) is 56.0 Å². The highest BCUT2D eigenvalue weighted by atomic mass is 16.2. The van der Waals surface area contributed by atoms with Crippen LogP contribution in [0.15, 0.2) is 30.3 Å². The van der Waals surface area contributed by atoms with E-state index in [4.69, 9.17) is 0 Å². The number of nitrogens with one attached hydrogen (secondary N) is 1. The van der Waals surface area contributed by atoms with Gasteiger partial charge in [0.25, 0.3) is 0 Å². The molecule has 0 radical (unpaired) electrons. The second-order valence-electron chi connectivity index (χ2n) is 7.84. The van der Waals surface area contributed by atoms with Gasteiger partial charge < -0.3 is 10.2 Å². The Balaban J connectivity index is 1.81.